The summed E-state index contributed by atoms with van der Waals surface area (Å²) in [5.74, 6) is 0.915. The number of carbonyl (C=O) groups excluding carboxylic acids is 1. The lowest BCUT2D eigenvalue weighted by Gasteiger charge is -2.34. The van der Waals surface area contributed by atoms with Crippen molar-refractivity contribution in [3.8, 4) is 6.07 Å². The third kappa shape index (κ3) is 5.00. The van der Waals surface area contributed by atoms with Crippen molar-refractivity contribution in [3.05, 3.63) is 83.1 Å². The number of benzene rings is 1. The van der Waals surface area contributed by atoms with Gasteiger partial charge in [-0.3, -0.25) is 9.20 Å². The van der Waals surface area contributed by atoms with Gasteiger partial charge < -0.3 is 10.2 Å². The highest BCUT2D eigenvalue weighted by molar-refractivity contribution is 5.80. The first-order valence-electron chi connectivity index (χ1n) is 10.7. The monoisotopic (exact) mass is 429 g/mol. The fourth-order valence-corrected chi connectivity index (χ4v) is 3.65. The van der Waals surface area contributed by atoms with Gasteiger partial charge in [-0.2, -0.15) is 5.26 Å². The van der Waals surface area contributed by atoms with Crippen molar-refractivity contribution in [2.75, 3.05) is 7.05 Å². The Balaban J connectivity index is 0.000000243. The van der Waals surface area contributed by atoms with Gasteiger partial charge in [0.2, 0.25) is 5.91 Å². The zero-order valence-electron chi connectivity index (χ0n) is 19.7. The Kier molecular flexibility index (Phi) is 6.69. The molecule has 0 saturated carbocycles. The molecule has 1 aromatic carbocycles. The van der Waals surface area contributed by atoms with Crippen LogP contribution in [0.25, 0.3) is 5.65 Å². The predicted octanol–water partition coefficient (Wildman–Crippen LogP) is 4.93. The fraction of sp³-hybridized carbons (Fsp3) is 0.346. The van der Waals surface area contributed by atoms with E-state index >= 15 is 0 Å². The van der Waals surface area contributed by atoms with Gasteiger partial charge in [-0.25, -0.2) is 4.98 Å². The summed E-state index contributed by atoms with van der Waals surface area (Å²) in [4.78, 5) is 18.0. The first kappa shape index (κ1) is 23.1. The molecule has 1 N–H and O–H groups in total. The molecule has 4 rings (SSSR count). The van der Waals surface area contributed by atoms with Crippen LogP contribution in [0.1, 0.15) is 63.9 Å². The Hall–Kier alpha value is -3.59. The summed E-state index contributed by atoms with van der Waals surface area (Å²) in [6, 6.07) is 16.4. The second-order valence-electron chi connectivity index (χ2n) is 9.26. The van der Waals surface area contributed by atoms with Gasteiger partial charge in [0.25, 0.3) is 0 Å². The van der Waals surface area contributed by atoms with Gasteiger partial charge in [0.05, 0.1) is 18.7 Å². The Bertz CT molecular complexity index is 1170. The first-order chi connectivity index (χ1) is 15.1. The van der Waals surface area contributed by atoms with E-state index in [1.807, 2.05) is 32.2 Å². The average Bonchev–Trinajstić information content (AvgIpc) is 3.18. The number of nitriles is 1. The number of nitrogens with one attached hydrogen (secondary N) is 1. The Labute approximate surface area is 190 Å². The molecule has 1 fully saturated rings. The van der Waals surface area contributed by atoms with Gasteiger partial charge >= 0.3 is 0 Å². The Morgan fingerprint density at radius 3 is 2.41 bits per heavy atom. The molecule has 32 heavy (non-hydrogen) atoms. The fourth-order valence-electron chi connectivity index (χ4n) is 3.65. The van der Waals surface area contributed by atoms with Gasteiger partial charge in [-0.15, -0.1) is 0 Å². The van der Waals surface area contributed by atoms with E-state index in [0.29, 0.717) is 17.5 Å². The molecular formula is C26H31N5O. The van der Waals surface area contributed by atoms with Crippen LogP contribution in [0, 0.1) is 11.3 Å². The second kappa shape index (κ2) is 9.27. The van der Waals surface area contributed by atoms with Crippen molar-refractivity contribution in [2.45, 2.75) is 52.5 Å². The second-order valence-corrected chi connectivity index (χ2v) is 9.26. The van der Waals surface area contributed by atoms with Crippen molar-refractivity contribution in [1.29, 1.82) is 5.26 Å². The molecule has 166 valence electrons. The summed E-state index contributed by atoms with van der Waals surface area (Å²) in [6.45, 7) is 10.6. The minimum absolute atomic E-state index is 0.0752. The predicted molar refractivity (Wildman–Crippen MR) is 127 cm³/mol. The molecule has 1 amide bonds. The number of aromatic nitrogens is 2. The SMILES string of the molecule is CC(C)(C)c1ccccc1.CC(C)=C1NC(c2ccc3ncc(C#N)n3c2)CC(=O)N1C. The third-order valence-corrected chi connectivity index (χ3v) is 5.56. The maximum absolute atomic E-state index is 12.2. The van der Waals surface area contributed by atoms with Crippen LogP contribution >= 0.6 is 0 Å². The van der Waals surface area contributed by atoms with E-state index in [1.54, 1.807) is 22.5 Å². The number of allylic oxidation sites excluding steroid dienone is 1. The maximum atomic E-state index is 12.2. The van der Waals surface area contributed by atoms with E-state index in [2.05, 4.69) is 67.5 Å². The molecule has 6 nitrogen and oxygen atoms in total. The number of fused-ring (bicyclic) bond motifs is 1. The average molecular weight is 430 g/mol. The lowest BCUT2D eigenvalue weighted by molar-refractivity contribution is -0.130. The molecule has 0 spiro atoms. The number of rotatable bonds is 1. The minimum atomic E-state index is -0.105. The van der Waals surface area contributed by atoms with Gasteiger partial charge in [0.1, 0.15) is 23.2 Å². The summed E-state index contributed by atoms with van der Waals surface area (Å²) >= 11 is 0. The molecular weight excluding hydrogens is 398 g/mol. The van der Waals surface area contributed by atoms with Gasteiger partial charge in [0, 0.05) is 13.2 Å². The first-order valence-corrected chi connectivity index (χ1v) is 10.7. The number of hydrogen-bond donors (Lipinski definition) is 1. The minimum Gasteiger partial charge on any atom is -0.364 e. The summed E-state index contributed by atoms with van der Waals surface area (Å²) in [7, 11) is 1.78. The molecule has 1 atom stereocenters. The number of amides is 1. The molecule has 3 heterocycles. The normalized spacial score (nSPS) is 16.2. The van der Waals surface area contributed by atoms with Crippen LogP contribution in [0.3, 0.4) is 0 Å². The standard InChI is InChI=1S/C16H17N5O.C10H14/c1-10(2)16-19-13(6-15(22)20(16)3)11-4-5-14-18-8-12(7-17)21(14)9-11;1-10(2,3)9-7-5-4-6-8-9/h4-5,8-9,13,19H,6H2,1-3H3;4-8H,1-3H3. The zero-order valence-corrected chi connectivity index (χ0v) is 19.7. The Morgan fingerprint density at radius 1 is 1.16 bits per heavy atom. The molecule has 2 aromatic heterocycles. The highest BCUT2D eigenvalue weighted by Crippen LogP contribution is 2.26. The highest BCUT2D eigenvalue weighted by Gasteiger charge is 2.28. The van der Waals surface area contributed by atoms with Gasteiger partial charge in [-0.05, 0) is 42.0 Å². The summed E-state index contributed by atoms with van der Waals surface area (Å²) in [5.41, 5.74) is 4.92. The Morgan fingerprint density at radius 2 is 1.84 bits per heavy atom. The molecule has 0 bridgehead atoms. The van der Waals surface area contributed by atoms with E-state index in [1.165, 1.54) is 5.56 Å². The van der Waals surface area contributed by atoms with Crippen LogP contribution in [0.15, 0.2) is 66.3 Å². The number of pyridine rings is 1. The van der Waals surface area contributed by atoms with Crippen molar-refractivity contribution < 1.29 is 4.79 Å². The van der Waals surface area contributed by atoms with E-state index in [0.717, 1.165) is 22.6 Å². The third-order valence-electron chi connectivity index (χ3n) is 5.56. The molecule has 3 aromatic rings. The van der Waals surface area contributed by atoms with Crippen molar-refractivity contribution in [2.24, 2.45) is 0 Å². The maximum Gasteiger partial charge on any atom is 0.230 e. The largest absolute Gasteiger partial charge is 0.364 e. The molecule has 0 radical (unpaired) electrons. The van der Waals surface area contributed by atoms with E-state index in [-0.39, 0.29) is 11.9 Å². The summed E-state index contributed by atoms with van der Waals surface area (Å²) in [6.07, 6.45) is 3.81. The van der Waals surface area contributed by atoms with Crippen LogP contribution in [-0.4, -0.2) is 27.2 Å². The van der Waals surface area contributed by atoms with Gasteiger partial charge in [-0.1, -0.05) is 57.2 Å². The van der Waals surface area contributed by atoms with Crippen LogP contribution in [0.4, 0.5) is 0 Å². The van der Waals surface area contributed by atoms with Crippen LogP contribution in [0.2, 0.25) is 0 Å². The molecule has 6 heteroatoms. The van der Waals surface area contributed by atoms with Gasteiger partial charge in [0.15, 0.2) is 0 Å². The lowest BCUT2D eigenvalue weighted by Crippen LogP contribution is -2.43. The molecule has 1 aliphatic heterocycles. The zero-order chi connectivity index (χ0) is 23.5. The van der Waals surface area contributed by atoms with Crippen molar-refractivity contribution in [3.63, 3.8) is 0 Å². The van der Waals surface area contributed by atoms with Crippen LogP contribution in [-0.2, 0) is 10.2 Å². The van der Waals surface area contributed by atoms with Crippen LogP contribution in [0.5, 0.6) is 0 Å². The van der Waals surface area contributed by atoms with Crippen molar-refractivity contribution >= 4 is 11.6 Å². The van der Waals surface area contributed by atoms with E-state index in [9.17, 15) is 4.79 Å². The highest BCUT2D eigenvalue weighted by atomic mass is 16.2. The quantitative estimate of drug-likeness (QED) is 0.595. The van der Waals surface area contributed by atoms with E-state index in [4.69, 9.17) is 5.26 Å². The summed E-state index contributed by atoms with van der Waals surface area (Å²) < 4.78 is 1.75. The molecule has 1 aliphatic rings. The number of nitrogens with zero attached hydrogens (tertiary/aromatic N) is 4. The molecule has 1 unspecified atom stereocenters. The number of imidazole rings is 1. The lowest BCUT2D eigenvalue weighted by atomic mass is 9.87. The number of hydrogen-bond acceptors (Lipinski definition) is 4. The van der Waals surface area contributed by atoms with Crippen molar-refractivity contribution in [1.82, 2.24) is 19.6 Å². The van der Waals surface area contributed by atoms with Crippen LogP contribution < -0.4 is 5.32 Å². The topological polar surface area (TPSA) is 73.4 Å². The summed E-state index contributed by atoms with van der Waals surface area (Å²) in [5, 5.41) is 12.5. The van der Waals surface area contributed by atoms with E-state index < -0.39 is 0 Å². The molecule has 1 saturated heterocycles. The number of carbonyl (C=O) groups is 1. The molecule has 0 aliphatic carbocycles. The smallest absolute Gasteiger partial charge is 0.230 e.